The number of pyridine rings is 1. The van der Waals surface area contributed by atoms with Gasteiger partial charge in [0.2, 0.25) is 11.0 Å². The van der Waals surface area contributed by atoms with Crippen LogP contribution in [0.15, 0.2) is 28.4 Å². The molecule has 9 heteroatoms. The van der Waals surface area contributed by atoms with Gasteiger partial charge in [0.1, 0.15) is 6.54 Å². The maximum absolute atomic E-state index is 10.6. The van der Waals surface area contributed by atoms with Gasteiger partial charge in [-0.3, -0.25) is 4.79 Å². The fourth-order valence-corrected chi connectivity index (χ4v) is 1.95. The molecule has 2 heterocycles. The Morgan fingerprint density at radius 1 is 1.61 bits per heavy atom. The lowest BCUT2D eigenvalue weighted by Gasteiger charge is -2.03. The number of methoxy groups -OCH3 is 1. The van der Waals surface area contributed by atoms with Crippen molar-refractivity contribution in [3.63, 3.8) is 0 Å². The number of rotatable bonds is 5. The first kappa shape index (κ1) is 12.3. The van der Waals surface area contributed by atoms with Crippen LogP contribution in [0.2, 0.25) is 0 Å². The van der Waals surface area contributed by atoms with E-state index in [1.165, 1.54) is 23.6 Å². The molecule has 0 unspecified atom stereocenters. The van der Waals surface area contributed by atoms with Gasteiger partial charge in [0.15, 0.2) is 0 Å². The molecule has 0 radical (unpaired) electrons. The van der Waals surface area contributed by atoms with Crippen LogP contribution in [-0.4, -0.2) is 43.4 Å². The maximum atomic E-state index is 10.6. The number of tetrazole rings is 1. The Morgan fingerprint density at radius 2 is 2.44 bits per heavy atom. The zero-order valence-corrected chi connectivity index (χ0v) is 10.2. The van der Waals surface area contributed by atoms with Crippen LogP contribution in [0.4, 0.5) is 0 Å². The third-order valence-electron chi connectivity index (χ3n) is 1.91. The molecule has 0 atom stereocenters. The predicted octanol–water partition coefficient (Wildman–Crippen LogP) is 0.312. The molecular weight excluding hydrogens is 258 g/mol. The Labute approximate surface area is 106 Å². The lowest BCUT2D eigenvalue weighted by atomic mass is 10.5. The average molecular weight is 267 g/mol. The van der Waals surface area contributed by atoms with Gasteiger partial charge in [-0.05, 0) is 28.3 Å². The Hall–Kier alpha value is -2.16. The highest BCUT2D eigenvalue weighted by molar-refractivity contribution is 7.99. The molecule has 2 aromatic rings. The minimum absolute atomic E-state index is 0.280. The first-order valence-corrected chi connectivity index (χ1v) is 5.66. The van der Waals surface area contributed by atoms with E-state index in [9.17, 15) is 4.79 Å². The highest BCUT2D eigenvalue weighted by atomic mass is 32.2. The number of nitrogens with zero attached hydrogens (tertiary/aromatic N) is 5. The summed E-state index contributed by atoms with van der Waals surface area (Å²) in [5.41, 5.74) is 0. The van der Waals surface area contributed by atoms with Crippen molar-refractivity contribution in [2.75, 3.05) is 7.11 Å². The Balaban J connectivity index is 2.17. The van der Waals surface area contributed by atoms with Gasteiger partial charge >= 0.3 is 5.97 Å². The Kier molecular flexibility index (Phi) is 3.72. The Bertz CT molecular complexity index is 559. The van der Waals surface area contributed by atoms with E-state index < -0.39 is 5.97 Å². The van der Waals surface area contributed by atoms with Crippen LogP contribution in [0.3, 0.4) is 0 Å². The first-order valence-electron chi connectivity index (χ1n) is 4.85. The second kappa shape index (κ2) is 5.45. The molecule has 94 valence electrons. The molecule has 0 aliphatic rings. The second-order valence-corrected chi connectivity index (χ2v) is 4.19. The van der Waals surface area contributed by atoms with Gasteiger partial charge in [0.05, 0.1) is 7.11 Å². The van der Waals surface area contributed by atoms with Crippen LogP contribution < -0.4 is 4.74 Å². The van der Waals surface area contributed by atoms with Crippen molar-refractivity contribution >= 4 is 17.7 Å². The molecule has 8 nitrogen and oxygen atoms in total. The van der Waals surface area contributed by atoms with E-state index >= 15 is 0 Å². The number of aliphatic carboxylic acids is 1. The van der Waals surface area contributed by atoms with E-state index in [0.717, 1.165) is 4.90 Å². The van der Waals surface area contributed by atoms with Gasteiger partial charge in [0.25, 0.3) is 0 Å². The molecule has 0 saturated carbocycles. The summed E-state index contributed by atoms with van der Waals surface area (Å²) in [5.74, 6) is -0.534. The molecule has 18 heavy (non-hydrogen) atoms. The van der Waals surface area contributed by atoms with E-state index in [1.807, 2.05) is 0 Å². The van der Waals surface area contributed by atoms with Gasteiger partial charge in [-0.2, -0.15) is 0 Å². The number of aromatic nitrogens is 5. The van der Waals surface area contributed by atoms with Gasteiger partial charge in [-0.15, -0.1) is 5.10 Å². The lowest BCUT2D eigenvalue weighted by molar-refractivity contribution is -0.138. The van der Waals surface area contributed by atoms with Gasteiger partial charge in [0, 0.05) is 17.2 Å². The third kappa shape index (κ3) is 2.94. The van der Waals surface area contributed by atoms with E-state index in [0.29, 0.717) is 11.0 Å². The van der Waals surface area contributed by atoms with Crippen molar-refractivity contribution < 1.29 is 14.6 Å². The fourth-order valence-electron chi connectivity index (χ4n) is 1.17. The average Bonchev–Trinajstić information content (AvgIpc) is 2.76. The molecule has 0 spiro atoms. The van der Waals surface area contributed by atoms with Crippen molar-refractivity contribution in [2.24, 2.45) is 0 Å². The van der Waals surface area contributed by atoms with Crippen molar-refractivity contribution in [1.82, 2.24) is 25.2 Å². The van der Waals surface area contributed by atoms with E-state index in [2.05, 4.69) is 20.5 Å². The summed E-state index contributed by atoms with van der Waals surface area (Å²) in [6.07, 6.45) is 1.59. The van der Waals surface area contributed by atoms with Crippen LogP contribution in [-0.2, 0) is 11.3 Å². The maximum Gasteiger partial charge on any atom is 0.325 e. The predicted molar refractivity (Wildman–Crippen MR) is 60.4 cm³/mol. The SMILES string of the molecule is COc1cc(Sc2nnnn2CC(=O)O)ccn1. The summed E-state index contributed by atoms with van der Waals surface area (Å²) >= 11 is 1.24. The molecule has 0 amide bonds. The molecule has 0 aromatic carbocycles. The summed E-state index contributed by atoms with van der Waals surface area (Å²) in [4.78, 5) is 15.4. The third-order valence-corrected chi connectivity index (χ3v) is 2.87. The van der Waals surface area contributed by atoms with Crippen LogP contribution in [0.25, 0.3) is 0 Å². The molecule has 0 aliphatic heterocycles. The first-order chi connectivity index (χ1) is 8.69. The standard InChI is InChI=1S/C9H9N5O3S/c1-17-7-4-6(2-3-10-7)18-9-11-12-13-14(9)5-8(15)16/h2-4H,5H2,1H3,(H,15,16). The van der Waals surface area contributed by atoms with Crippen molar-refractivity contribution in [3.05, 3.63) is 18.3 Å². The zero-order valence-electron chi connectivity index (χ0n) is 9.35. The van der Waals surface area contributed by atoms with Crippen molar-refractivity contribution in [3.8, 4) is 5.88 Å². The Morgan fingerprint density at radius 3 is 3.17 bits per heavy atom. The number of carbonyl (C=O) groups is 1. The molecule has 1 N–H and O–H groups in total. The monoisotopic (exact) mass is 267 g/mol. The number of ether oxygens (including phenoxy) is 1. The van der Waals surface area contributed by atoms with E-state index in [-0.39, 0.29) is 6.54 Å². The summed E-state index contributed by atoms with van der Waals surface area (Å²) < 4.78 is 6.20. The number of carboxylic acids is 1. The second-order valence-electron chi connectivity index (χ2n) is 3.15. The minimum Gasteiger partial charge on any atom is -0.481 e. The van der Waals surface area contributed by atoms with Crippen molar-refractivity contribution in [2.45, 2.75) is 16.6 Å². The van der Waals surface area contributed by atoms with E-state index in [1.54, 1.807) is 18.3 Å². The minimum atomic E-state index is -1.00. The summed E-state index contributed by atoms with van der Waals surface area (Å²) in [6, 6.07) is 3.47. The van der Waals surface area contributed by atoms with Crippen molar-refractivity contribution in [1.29, 1.82) is 0 Å². The normalized spacial score (nSPS) is 10.3. The summed E-state index contributed by atoms with van der Waals surface area (Å²) in [6.45, 7) is -0.280. The van der Waals surface area contributed by atoms with Crippen LogP contribution in [0.1, 0.15) is 0 Å². The quantitative estimate of drug-likeness (QED) is 0.825. The molecule has 2 aromatic heterocycles. The molecule has 0 aliphatic carbocycles. The van der Waals surface area contributed by atoms with Gasteiger partial charge < -0.3 is 9.84 Å². The topological polar surface area (TPSA) is 103 Å². The number of hydrogen-bond donors (Lipinski definition) is 1. The fraction of sp³-hybridized carbons (Fsp3) is 0.222. The molecule has 2 rings (SSSR count). The zero-order chi connectivity index (χ0) is 13.0. The largest absolute Gasteiger partial charge is 0.481 e. The van der Waals surface area contributed by atoms with Crippen LogP contribution in [0, 0.1) is 0 Å². The summed E-state index contributed by atoms with van der Waals surface area (Å²) in [7, 11) is 1.52. The lowest BCUT2D eigenvalue weighted by Crippen LogP contribution is -2.11. The summed E-state index contributed by atoms with van der Waals surface area (Å²) in [5, 5.41) is 19.9. The molecular formula is C9H9N5O3S. The molecule has 0 fully saturated rings. The smallest absolute Gasteiger partial charge is 0.325 e. The highest BCUT2D eigenvalue weighted by Crippen LogP contribution is 2.26. The number of hydrogen-bond acceptors (Lipinski definition) is 7. The highest BCUT2D eigenvalue weighted by Gasteiger charge is 2.11. The molecule has 0 saturated heterocycles. The van der Waals surface area contributed by atoms with E-state index in [4.69, 9.17) is 9.84 Å². The van der Waals surface area contributed by atoms with Crippen LogP contribution in [0.5, 0.6) is 5.88 Å². The van der Waals surface area contributed by atoms with Gasteiger partial charge in [-0.25, -0.2) is 9.67 Å². The van der Waals surface area contributed by atoms with Gasteiger partial charge in [-0.1, -0.05) is 0 Å². The number of carboxylic acid groups (broad SMARTS) is 1. The molecule has 0 bridgehead atoms. The van der Waals surface area contributed by atoms with Crippen LogP contribution >= 0.6 is 11.8 Å².